The first-order chi connectivity index (χ1) is 7.63. The largest absolute Gasteiger partial charge is 0.322 e. The van der Waals surface area contributed by atoms with Crippen molar-refractivity contribution >= 4 is 11.6 Å². The molecule has 1 aromatic heterocycles. The number of hydrogen-bond acceptors (Lipinski definition) is 3. The molecule has 0 saturated heterocycles. The summed E-state index contributed by atoms with van der Waals surface area (Å²) in [5, 5.41) is 5.49. The van der Waals surface area contributed by atoms with Crippen molar-refractivity contribution in [2.75, 3.05) is 11.9 Å². The summed E-state index contributed by atoms with van der Waals surface area (Å²) < 4.78 is 13.1. The highest BCUT2D eigenvalue weighted by molar-refractivity contribution is 5.92. The number of aromatic nitrogens is 1. The summed E-state index contributed by atoms with van der Waals surface area (Å²) in [6, 6.07) is 1.70. The van der Waals surface area contributed by atoms with Gasteiger partial charge in [-0.25, -0.2) is 4.39 Å². The summed E-state index contributed by atoms with van der Waals surface area (Å²) in [4.78, 5) is 15.0. The van der Waals surface area contributed by atoms with E-state index in [0.717, 1.165) is 12.6 Å². The van der Waals surface area contributed by atoms with E-state index in [-0.39, 0.29) is 24.2 Å². The molecule has 1 heterocycles. The summed E-state index contributed by atoms with van der Waals surface area (Å²) in [5.41, 5.74) is 0.158. The second-order valence-corrected chi connectivity index (χ2v) is 3.59. The van der Waals surface area contributed by atoms with Crippen LogP contribution in [0.3, 0.4) is 0 Å². The van der Waals surface area contributed by atoms with Crippen LogP contribution in [-0.2, 0) is 4.79 Å². The highest BCUT2D eigenvalue weighted by atomic mass is 19.1. The molecular formula is C11H16FN3O. The van der Waals surface area contributed by atoms with Gasteiger partial charge in [0.1, 0.15) is 0 Å². The molecule has 1 rings (SSSR count). The van der Waals surface area contributed by atoms with Gasteiger partial charge in [-0.05, 0) is 19.4 Å². The smallest absolute Gasteiger partial charge is 0.238 e. The second kappa shape index (κ2) is 6.17. The van der Waals surface area contributed by atoms with Gasteiger partial charge >= 0.3 is 0 Å². The van der Waals surface area contributed by atoms with Crippen LogP contribution < -0.4 is 10.6 Å². The molecule has 16 heavy (non-hydrogen) atoms. The van der Waals surface area contributed by atoms with E-state index < -0.39 is 5.82 Å². The van der Waals surface area contributed by atoms with Gasteiger partial charge < -0.3 is 10.6 Å². The van der Waals surface area contributed by atoms with E-state index in [4.69, 9.17) is 0 Å². The van der Waals surface area contributed by atoms with Crippen molar-refractivity contribution < 1.29 is 9.18 Å². The molecule has 1 unspecified atom stereocenters. The summed E-state index contributed by atoms with van der Waals surface area (Å²) in [5.74, 6) is -0.787. The van der Waals surface area contributed by atoms with Crippen molar-refractivity contribution in [3.8, 4) is 0 Å². The quantitative estimate of drug-likeness (QED) is 0.799. The fourth-order valence-corrected chi connectivity index (χ4v) is 1.08. The maximum absolute atomic E-state index is 13.1. The van der Waals surface area contributed by atoms with Gasteiger partial charge in [-0.1, -0.05) is 6.92 Å². The predicted molar refractivity (Wildman–Crippen MR) is 60.6 cm³/mol. The molecule has 4 nitrogen and oxygen atoms in total. The zero-order chi connectivity index (χ0) is 12.0. The molecule has 2 N–H and O–H groups in total. The number of nitrogens with one attached hydrogen (secondary N) is 2. The van der Waals surface area contributed by atoms with Crippen LogP contribution in [0, 0.1) is 5.82 Å². The molecule has 88 valence electrons. The van der Waals surface area contributed by atoms with Crippen molar-refractivity contribution in [3.63, 3.8) is 0 Å². The zero-order valence-electron chi connectivity index (χ0n) is 9.46. The van der Waals surface area contributed by atoms with Crippen LogP contribution in [0.2, 0.25) is 0 Å². The van der Waals surface area contributed by atoms with Gasteiger partial charge in [0.2, 0.25) is 5.91 Å². The second-order valence-electron chi connectivity index (χ2n) is 3.59. The van der Waals surface area contributed by atoms with Crippen LogP contribution in [0.25, 0.3) is 0 Å². The van der Waals surface area contributed by atoms with Crippen LogP contribution >= 0.6 is 0 Å². The lowest BCUT2D eigenvalue weighted by molar-refractivity contribution is -0.115. The van der Waals surface area contributed by atoms with E-state index >= 15 is 0 Å². The van der Waals surface area contributed by atoms with E-state index in [2.05, 4.69) is 15.6 Å². The fourth-order valence-electron chi connectivity index (χ4n) is 1.08. The maximum Gasteiger partial charge on any atom is 0.238 e. The summed E-state index contributed by atoms with van der Waals surface area (Å²) >= 11 is 0. The number of anilines is 1. The third-order valence-electron chi connectivity index (χ3n) is 2.27. The Hall–Kier alpha value is -1.49. The van der Waals surface area contributed by atoms with Gasteiger partial charge in [0.15, 0.2) is 5.82 Å². The third kappa shape index (κ3) is 3.94. The molecule has 0 aliphatic rings. The summed E-state index contributed by atoms with van der Waals surface area (Å²) in [7, 11) is 0. The van der Waals surface area contributed by atoms with E-state index in [1.54, 1.807) is 0 Å². The first-order valence-electron chi connectivity index (χ1n) is 5.26. The maximum atomic E-state index is 13.1. The average molecular weight is 225 g/mol. The summed E-state index contributed by atoms with van der Waals surface area (Å²) in [6.45, 7) is 4.19. The molecule has 1 aromatic rings. The van der Waals surface area contributed by atoms with Crippen molar-refractivity contribution in [1.29, 1.82) is 0 Å². The first kappa shape index (κ1) is 12.6. The minimum absolute atomic E-state index is 0.158. The highest BCUT2D eigenvalue weighted by Gasteiger charge is 2.07. The lowest BCUT2D eigenvalue weighted by atomic mass is 10.2. The minimum Gasteiger partial charge on any atom is -0.322 e. The molecule has 0 bridgehead atoms. The normalized spacial score (nSPS) is 12.2. The van der Waals surface area contributed by atoms with E-state index in [0.29, 0.717) is 0 Å². The molecule has 0 fully saturated rings. The average Bonchev–Trinajstić information content (AvgIpc) is 2.29. The molecule has 0 aliphatic heterocycles. The monoisotopic (exact) mass is 225 g/mol. The van der Waals surface area contributed by atoms with Gasteiger partial charge in [-0.2, -0.15) is 0 Å². The highest BCUT2D eigenvalue weighted by Crippen LogP contribution is 2.10. The van der Waals surface area contributed by atoms with E-state index in [9.17, 15) is 9.18 Å². The topological polar surface area (TPSA) is 54.0 Å². The number of amides is 1. The molecule has 0 aliphatic carbocycles. The fraction of sp³-hybridized carbons (Fsp3) is 0.455. The van der Waals surface area contributed by atoms with Crippen molar-refractivity contribution in [2.24, 2.45) is 0 Å². The van der Waals surface area contributed by atoms with Crippen LogP contribution in [0.1, 0.15) is 20.3 Å². The lowest BCUT2D eigenvalue weighted by Crippen LogP contribution is -2.34. The number of carbonyl (C=O) groups is 1. The Morgan fingerprint density at radius 2 is 2.38 bits per heavy atom. The number of pyridine rings is 1. The standard InChI is InChI=1S/C11H16FN3O/c1-3-8(2)14-7-11(16)15-10-4-5-13-6-9(10)12/h4-6,8,14H,3,7H2,1-2H3,(H,13,15,16). The van der Waals surface area contributed by atoms with Crippen molar-refractivity contribution in [2.45, 2.75) is 26.3 Å². The number of halogens is 1. The molecule has 0 spiro atoms. The van der Waals surface area contributed by atoms with Crippen LogP contribution in [-0.4, -0.2) is 23.5 Å². The Morgan fingerprint density at radius 1 is 1.62 bits per heavy atom. The molecule has 0 aromatic carbocycles. The molecule has 1 atom stereocenters. The van der Waals surface area contributed by atoms with Crippen LogP contribution in [0.4, 0.5) is 10.1 Å². The van der Waals surface area contributed by atoms with Gasteiger partial charge in [0.25, 0.3) is 0 Å². The Balaban J connectivity index is 2.43. The molecule has 5 heteroatoms. The zero-order valence-corrected chi connectivity index (χ0v) is 9.46. The Kier molecular flexibility index (Phi) is 4.85. The number of nitrogens with zero attached hydrogens (tertiary/aromatic N) is 1. The van der Waals surface area contributed by atoms with Crippen molar-refractivity contribution in [3.05, 3.63) is 24.3 Å². The van der Waals surface area contributed by atoms with E-state index in [1.165, 1.54) is 12.3 Å². The van der Waals surface area contributed by atoms with E-state index in [1.807, 2.05) is 13.8 Å². The SMILES string of the molecule is CCC(C)NCC(=O)Nc1ccncc1F. The van der Waals surface area contributed by atoms with Gasteiger partial charge in [-0.15, -0.1) is 0 Å². The molecule has 1 amide bonds. The van der Waals surface area contributed by atoms with Crippen molar-refractivity contribution in [1.82, 2.24) is 10.3 Å². The molecule has 0 saturated carbocycles. The third-order valence-corrected chi connectivity index (χ3v) is 2.27. The number of hydrogen-bond donors (Lipinski definition) is 2. The summed E-state index contributed by atoms with van der Waals surface area (Å²) in [6.07, 6.45) is 3.44. The number of rotatable bonds is 5. The molecule has 0 radical (unpaired) electrons. The Labute approximate surface area is 94.3 Å². The minimum atomic E-state index is -0.528. The van der Waals surface area contributed by atoms with Crippen LogP contribution in [0.15, 0.2) is 18.5 Å². The van der Waals surface area contributed by atoms with Gasteiger partial charge in [0, 0.05) is 12.2 Å². The Bertz CT molecular complexity index is 357. The lowest BCUT2D eigenvalue weighted by Gasteiger charge is -2.11. The van der Waals surface area contributed by atoms with Gasteiger partial charge in [-0.3, -0.25) is 9.78 Å². The first-order valence-corrected chi connectivity index (χ1v) is 5.26. The predicted octanol–water partition coefficient (Wildman–Crippen LogP) is 1.55. The van der Waals surface area contributed by atoms with Gasteiger partial charge in [0.05, 0.1) is 18.4 Å². The Morgan fingerprint density at radius 3 is 3.00 bits per heavy atom. The van der Waals surface area contributed by atoms with Crippen LogP contribution in [0.5, 0.6) is 0 Å². The molecular weight excluding hydrogens is 209 g/mol. The number of carbonyl (C=O) groups excluding carboxylic acids is 1.